The van der Waals surface area contributed by atoms with Crippen LogP contribution in [0, 0.1) is 13.8 Å². The molecular formula is C21H20N2O5. The second kappa shape index (κ2) is 6.69. The highest BCUT2D eigenvalue weighted by atomic mass is 16.7. The van der Waals surface area contributed by atoms with Crippen molar-refractivity contribution in [3.05, 3.63) is 58.7 Å². The first-order valence-electron chi connectivity index (χ1n) is 8.80. The van der Waals surface area contributed by atoms with Gasteiger partial charge in [0.2, 0.25) is 0 Å². The number of nitrogens with zero attached hydrogens (tertiary/aromatic N) is 1. The van der Waals surface area contributed by atoms with Gasteiger partial charge in [-0.05, 0) is 43.2 Å². The van der Waals surface area contributed by atoms with E-state index in [0.29, 0.717) is 34.0 Å². The summed E-state index contributed by atoms with van der Waals surface area (Å²) in [6.45, 7) is 3.75. The van der Waals surface area contributed by atoms with Gasteiger partial charge < -0.3 is 9.47 Å². The second-order valence-corrected chi connectivity index (χ2v) is 6.68. The number of hydroxylamine groups is 1. The molecule has 0 bridgehead atoms. The summed E-state index contributed by atoms with van der Waals surface area (Å²) in [4.78, 5) is 32.9. The molecule has 0 unspecified atom stereocenters. The fourth-order valence-electron chi connectivity index (χ4n) is 3.67. The molecule has 2 heterocycles. The molecule has 28 heavy (non-hydrogen) atoms. The van der Waals surface area contributed by atoms with Crippen LogP contribution < -0.4 is 19.9 Å². The number of imide groups is 1. The number of carbonyl (C=O) groups excluding carboxylic acids is 2. The molecule has 1 fully saturated rings. The summed E-state index contributed by atoms with van der Waals surface area (Å²) >= 11 is 0. The van der Waals surface area contributed by atoms with Crippen LogP contribution in [0.15, 0.2) is 42.0 Å². The first-order valence-corrected chi connectivity index (χ1v) is 8.80. The third kappa shape index (κ3) is 2.55. The number of hydrogen-bond donors (Lipinski definition) is 1. The number of amides is 2. The van der Waals surface area contributed by atoms with Gasteiger partial charge >= 0.3 is 0 Å². The van der Waals surface area contributed by atoms with Gasteiger partial charge in [0.15, 0.2) is 17.6 Å². The Bertz CT molecular complexity index is 1010. The molecule has 2 amide bonds. The summed E-state index contributed by atoms with van der Waals surface area (Å²) in [5.41, 5.74) is 6.46. The van der Waals surface area contributed by atoms with Crippen LogP contribution in [-0.4, -0.2) is 32.1 Å². The number of fused-ring (bicyclic) bond motifs is 1. The van der Waals surface area contributed by atoms with Crippen LogP contribution in [0.4, 0.5) is 5.69 Å². The van der Waals surface area contributed by atoms with Gasteiger partial charge in [0.25, 0.3) is 11.8 Å². The third-order valence-corrected chi connectivity index (χ3v) is 5.02. The smallest absolute Gasteiger partial charge is 0.270 e. The highest BCUT2D eigenvalue weighted by Gasteiger charge is 2.51. The lowest BCUT2D eigenvalue weighted by Gasteiger charge is -2.20. The Morgan fingerprint density at radius 3 is 2.32 bits per heavy atom. The molecule has 0 spiro atoms. The lowest BCUT2D eigenvalue weighted by atomic mass is 10.0. The maximum atomic E-state index is 13.2. The number of aryl methyl sites for hydroxylation is 2. The van der Waals surface area contributed by atoms with Crippen molar-refractivity contribution >= 4 is 23.2 Å². The summed E-state index contributed by atoms with van der Waals surface area (Å²) in [7, 11) is 3.09. The van der Waals surface area contributed by atoms with Gasteiger partial charge in [0.05, 0.1) is 31.2 Å². The van der Waals surface area contributed by atoms with Gasteiger partial charge in [-0.15, -0.1) is 0 Å². The normalized spacial score (nSPS) is 18.4. The lowest BCUT2D eigenvalue weighted by Crippen LogP contribution is -2.35. The zero-order valence-corrected chi connectivity index (χ0v) is 16.0. The first-order chi connectivity index (χ1) is 13.5. The Balaban J connectivity index is 1.82. The molecule has 144 valence electrons. The minimum Gasteiger partial charge on any atom is -0.493 e. The molecule has 2 aliphatic rings. The largest absolute Gasteiger partial charge is 0.493 e. The highest BCUT2D eigenvalue weighted by Crippen LogP contribution is 2.39. The Hall–Kier alpha value is -3.32. The van der Waals surface area contributed by atoms with Crippen molar-refractivity contribution < 1.29 is 23.9 Å². The van der Waals surface area contributed by atoms with Crippen molar-refractivity contribution in [3.63, 3.8) is 0 Å². The minimum atomic E-state index is -0.977. The maximum Gasteiger partial charge on any atom is 0.270 e. The van der Waals surface area contributed by atoms with E-state index in [9.17, 15) is 9.59 Å². The SMILES string of the molecule is COc1ccc(C2=C3C(=O)N(c4c(C)cccc4C)C(=O)[C@@H]3ON2)cc1OC. The zero-order chi connectivity index (χ0) is 20.0. The van der Waals surface area contributed by atoms with Gasteiger partial charge in [-0.3, -0.25) is 19.9 Å². The van der Waals surface area contributed by atoms with Crippen LogP contribution in [0.25, 0.3) is 5.70 Å². The van der Waals surface area contributed by atoms with Crippen molar-refractivity contribution in [2.75, 3.05) is 19.1 Å². The average molecular weight is 380 g/mol. The molecule has 0 aliphatic carbocycles. The number of ether oxygens (including phenoxy) is 2. The van der Waals surface area contributed by atoms with Gasteiger partial charge in [0, 0.05) is 5.56 Å². The summed E-state index contributed by atoms with van der Waals surface area (Å²) in [5, 5.41) is 0. The monoisotopic (exact) mass is 380 g/mol. The van der Waals surface area contributed by atoms with E-state index in [0.717, 1.165) is 11.1 Å². The van der Waals surface area contributed by atoms with Crippen molar-refractivity contribution in [2.24, 2.45) is 0 Å². The van der Waals surface area contributed by atoms with Crippen LogP contribution >= 0.6 is 0 Å². The third-order valence-electron chi connectivity index (χ3n) is 5.02. The average Bonchev–Trinajstić information content (AvgIpc) is 3.23. The fraction of sp³-hybridized carbons (Fsp3) is 0.238. The number of rotatable bonds is 4. The Morgan fingerprint density at radius 1 is 1.00 bits per heavy atom. The van der Waals surface area contributed by atoms with Crippen molar-refractivity contribution in [1.29, 1.82) is 0 Å². The Kier molecular flexibility index (Phi) is 4.31. The molecule has 2 aromatic rings. The van der Waals surface area contributed by atoms with E-state index in [1.54, 1.807) is 25.3 Å². The highest BCUT2D eigenvalue weighted by molar-refractivity contribution is 6.33. The molecule has 2 aromatic carbocycles. The molecule has 7 nitrogen and oxygen atoms in total. The van der Waals surface area contributed by atoms with E-state index in [4.69, 9.17) is 14.3 Å². The number of benzene rings is 2. The molecule has 0 saturated carbocycles. The molecule has 1 saturated heterocycles. The Morgan fingerprint density at radius 2 is 1.68 bits per heavy atom. The number of anilines is 1. The number of hydrogen-bond acceptors (Lipinski definition) is 6. The zero-order valence-electron chi connectivity index (χ0n) is 16.0. The van der Waals surface area contributed by atoms with Crippen molar-refractivity contribution in [2.45, 2.75) is 20.0 Å². The fourth-order valence-corrected chi connectivity index (χ4v) is 3.67. The van der Waals surface area contributed by atoms with E-state index in [-0.39, 0.29) is 5.91 Å². The summed E-state index contributed by atoms with van der Waals surface area (Å²) in [6, 6.07) is 10.9. The standard InChI is InChI=1S/C21H20N2O5/c1-11-6-5-7-12(2)18(11)23-20(24)16-17(22-28-19(16)21(23)25)13-8-9-14(26-3)15(10-13)27-4/h5-10,19,22H,1-4H3/t19-/m1/s1. The van der Waals surface area contributed by atoms with E-state index < -0.39 is 12.0 Å². The van der Waals surface area contributed by atoms with Gasteiger partial charge in [-0.1, -0.05) is 18.2 Å². The van der Waals surface area contributed by atoms with Gasteiger partial charge in [0.1, 0.15) is 0 Å². The second-order valence-electron chi connectivity index (χ2n) is 6.68. The number of nitrogens with one attached hydrogen (secondary N) is 1. The lowest BCUT2D eigenvalue weighted by molar-refractivity contribution is -0.127. The maximum absolute atomic E-state index is 13.2. The van der Waals surface area contributed by atoms with Gasteiger partial charge in [-0.25, -0.2) is 4.90 Å². The molecule has 4 rings (SSSR count). The Labute approximate surface area is 162 Å². The quantitative estimate of drug-likeness (QED) is 0.822. The minimum absolute atomic E-state index is 0.292. The molecule has 1 atom stereocenters. The van der Waals surface area contributed by atoms with Crippen LogP contribution in [0.5, 0.6) is 11.5 Å². The predicted molar refractivity (Wildman–Crippen MR) is 103 cm³/mol. The van der Waals surface area contributed by atoms with Crippen LogP contribution in [0.3, 0.4) is 0 Å². The topological polar surface area (TPSA) is 77.1 Å². The van der Waals surface area contributed by atoms with E-state index in [1.807, 2.05) is 32.0 Å². The first kappa shape index (κ1) is 18.1. The van der Waals surface area contributed by atoms with E-state index in [1.165, 1.54) is 12.0 Å². The number of carbonyl (C=O) groups is 2. The van der Waals surface area contributed by atoms with Crippen molar-refractivity contribution in [3.8, 4) is 11.5 Å². The molecule has 2 aliphatic heterocycles. The van der Waals surface area contributed by atoms with Crippen LogP contribution in [0.1, 0.15) is 16.7 Å². The molecule has 1 N–H and O–H groups in total. The van der Waals surface area contributed by atoms with Crippen LogP contribution in [0.2, 0.25) is 0 Å². The molecular weight excluding hydrogens is 360 g/mol. The summed E-state index contributed by atoms with van der Waals surface area (Å²) in [6.07, 6.45) is -0.977. The predicted octanol–water partition coefficient (Wildman–Crippen LogP) is 2.51. The van der Waals surface area contributed by atoms with E-state index >= 15 is 0 Å². The van der Waals surface area contributed by atoms with Crippen molar-refractivity contribution in [1.82, 2.24) is 5.48 Å². The van der Waals surface area contributed by atoms with Crippen LogP contribution in [-0.2, 0) is 14.4 Å². The summed E-state index contributed by atoms with van der Waals surface area (Å²) < 4.78 is 10.6. The molecule has 0 aromatic heterocycles. The van der Waals surface area contributed by atoms with E-state index in [2.05, 4.69) is 5.48 Å². The molecule has 7 heteroatoms. The number of methoxy groups -OCH3 is 2. The molecule has 0 radical (unpaired) electrons. The van der Waals surface area contributed by atoms with Gasteiger partial charge in [-0.2, -0.15) is 0 Å². The number of para-hydroxylation sites is 1. The summed E-state index contributed by atoms with van der Waals surface area (Å²) in [5.74, 6) is 0.294.